The Morgan fingerprint density at radius 3 is 2.62 bits per heavy atom. The summed E-state index contributed by atoms with van der Waals surface area (Å²) in [6, 6.07) is 2.32. The monoisotopic (exact) mass is 291 g/mol. The van der Waals surface area contributed by atoms with E-state index in [1.54, 1.807) is 6.07 Å². The van der Waals surface area contributed by atoms with Crippen molar-refractivity contribution in [3.05, 3.63) is 27.9 Å². The quantitative estimate of drug-likeness (QED) is 0.817. The minimum atomic E-state index is -0.0335. The maximum atomic E-state index is 11.6. The minimum absolute atomic E-state index is 0.0335. The van der Waals surface area contributed by atoms with E-state index in [0.29, 0.717) is 11.9 Å². The van der Waals surface area contributed by atoms with E-state index in [4.69, 9.17) is 0 Å². The largest absolute Gasteiger partial charge is 0.311 e. The van der Waals surface area contributed by atoms with Crippen molar-refractivity contribution in [2.75, 3.05) is 6.54 Å². The van der Waals surface area contributed by atoms with E-state index >= 15 is 0 Å². The van der Waals surface area contributed by atoms with Crippen LogP contribution in [0.5, 0.6) is 0 Å². The van der Waals surface area contributed by atoms with Crippen molar-refractivity contribution in [2.45, 2.75) is 77.8 Å². The molecule has 0 saturated heterocycles. The molecule has 4 nitrogen and oxygen atoms in total. The summed E-state index contributed by atoms with van der Waals surface area (Å²) in [6.07, 6.45) is 10.5. The molecule has 2 rings (SSSR count). The smallest absolute Gasteiger partial charge is 0.251 e. The van der Waals surface area contributed by atoms with E-state index in [1.807, 2.05) is 6.92 Å². The number of nitrogens with zero attached hydrogens (tertiary/aromatic N) is 2. The van der Waals surface area contributed by atoms with Gasteiger partial charge in [-0.2, -0.15) is 0 Å². The van der Waals surface area contributed by atoms with Crippen LogP contribution in [-0.4, -0.2) is 27.5 Å². The first-order valence-corrected chi connectivity index (χ1v) is 8.50. The second kappa shape index (κ2) is 8.32. The fourth-order valence-corrected chi connectivity index (χ4v) is 3.31. The molecule has 4 heteroatoms. The van der Waals surface area contributed by atoms with Crippen molar-refractivity contribution in [2.24, 2.45) is 0 Å². The van der Waals surface area contributed by atoms with Crippen LogP contribution in [0.25, 0.3) is 0 Å². The van der Waals surface area contributed by atoms with Gasteiger partial charge < -0.3 is 4.98 Å². The van der Waals surface area contributed by atoms with E-state index < -0.39 is 0 Å². The van der Waals surface area contributed by atoms with Crippen LogP contribution in [0, 0.1) is 6.92 Å². The molecule has 0 bridgehead atoms. The summed E-state index contributed by atoms with van der Waals surface area (Å²) in [4.78, 5) is 21.4. The average molecular weight is 291 g/mol. The van der Waals surface area contributed by atoms with Crippen LogP contribution < -0.4 is 5.56 Å². The molecule has 0 aliphatic heterocycles. The maximum Gasteiger partial charge on any atom is 0.251 e. The Bertz CT molecular complexity index is 475. The SMILES string of the molecule is CCCCN(Cc1cc(=O)[nH]c(C)n1)C1CCCCCC1. The van der Waals surface area contributed by atoms with Crippen molar-refractivity contribution in [1.82, 2.24) is 14.9 Å². The molecule has 1 aromatic rings. The molecule has 1 fully saturated rings. The highest BCUT2D eigenvalue weighted by Crippen LogP contribution is 2.23. The number of H-pyrrole nitrogens is 1. The number of aromatic amines is 1. The van der Waals surface area contributed by atoms with Crippen molar-refractivity contribution < 1.29 is 0 Å². The van der Waals surface area contributed by atoms with Crippen LogP contribution >= 0.6 is 0 Å². The lowest BCUT2D eigenvalue weighted by atomic mass is 10.1. The van der Waals surface area contributed by atoms with E-state index in [2.05, 4.69) is 21.8 Å². The third kappa shape index (κ3) is 5.27. The zero-order chi connectivity index (χ0) is 15.1. The summed E-state index contributed by atoms with van der Waals surface area (Å²) in [5, 5.41) is 0. The van der Waals surface area contributed by atoms with Gasteiger partial charge in [-0.05, 0) is 32.7 Å². The number of rotatable bonds is 6. The fraction of sp³-hybridized carbons (Fsp3) is 0.765. The number of aromatic nitrogens is 2. The lowest BCUT2D eigenvalue weighted by molar-refractivity contribution is 0.165. The highest BCUT2D eigenvalue weighted by molar-refractivity contribution is 5.02. The number of hydrogen-bond donors (Lipinski definition) is 1. The van der Waals surface area contributed by atoms with Crippen LogP contribution in [0.2, 0.25) is 0 Å². The normalized spacial score (nSPS) is 17.1. The molecule has 0 unspecified atom stereocenters. The summed E-state index contributed by atoms with van der Waals surface area (Å²) >= 11 is 0. The summed E-state index contributed by atoms with van der Waals surface area (Å²) in [5.74, 6) is 0.716. The fourth-order valence-electron chi connectivity index (χ4n) is 3.31. The van der Waals surface area contributed by atoms with Crippen molar-refractivity contribution >= 4 is 0 Å². The molecule has 1 aliphatic rings. The molecule has 118 valence electrons. The number of aryl methyl sites for hydroxylation is 1. The number of hydrogen-bond acceptors (Lipinski definition) is 3. The first kappa shape index (κ1) is 16.2. The first-order valence-electron chi connectivity index (χ1n) is 8.50. The topological polar surface area (TPSA) is 49.0 Å². The van der Waals surface area contributed by atoms with Gasteiger partial charge in [0.05, 0.1) is 5.69 Å². The van der Waals surface area contributed by atoms with Crippen LogP contribution in [0.1, 0.15) is 69.8 Å². The summed E-state index contributed by atoms with van der Waals surface area (Å²) in [6.45, 7) is 6.03. The minimum Gasteiger partial charge on any atom is -0.311 e. The van der Waals surface area contributed by atoms with E-state index in [1.165, 1.54) is 51.4 Å². The predicted octanol–water partition coefficient (Wildman–Crippen LogP) is 3.40. The third-order valence-electron chi connectivity index (χ3n) is 4.42. The molecular weight excluding hydrogens is 262 g/mol. The first-order chi connectivity index (χ1) is 10.2. The standard InChI is InChI=1S/C17H29N3O/c1-3-4-11-20(16-9-7-5-6-8-10-16)13-15-12-17(21)19-14(2)18-15/h12,16H,3-11,13H2,1-2H3,(H,18,19,21). The zero-order valence-electron chi connectivity index (χ0n) is 13.5. The second-order valence-corrected chi connectivity index (χ2v) is 6.29. The van der Waals surface area contributed by atoms with Gasteiger partial charge in [-0.1, -0.05) is 39.0 Å². The van der Waals surface area contributed by atoms with E-state index in [-0.39, 0.29) is 5.56 Å². The Hall–Kier alpha value is -1.16. The molecular formula is C17H29N3O. The number of unbranched alkanes of at least 4 members (excludes halogenated alkanes) is 1. The highest BCUT2D eigenvalue weighted by atomic mass is 16.1. The van der Waals surface area contributed by atoms with Gasteiger partial charge in [-0.15, -0.1) is 0 Å². The Kier molecular flexibility index (Phi) is 6.43. The predicted molar refractivity (Wildman–Crippen MR) is 86.4 cm³/mol. The number of nitrogens with one attached hydrogen (secondary N) is 1. The van der Waals surface area contributed by atoms with E-state index in [0.717, 1.165) is 18.8 Å². The van der Waals surface area contributed by atoms with Gasteiger partial charge in [0.25, 0.3) is 5.56 Å². The Morgan fingerprint density at radius 2 is 2.00 bits per heavy atom. The van der Waals surface area contributed by atoms with Crippen LogP contribution in [0.15, 0.2) is 10.9 Å². The van der Waals surface area contributed by atoms with Gasteiger partial charge in [0, 0.05) is 18.7 Å². The Labute approximate surface area is 128 Å². The lowest BCUT2D eigenvalue weighted by Gasteiger charge is -2.31. The van der Waals surface area contributed by atoms with Gasteiger partial charge in [0.1, 0.15) is 5.82 Å². The van der Waals surface area contributed by atoms with E-state index in [9.17, 15) is 4.79 Å². The van der Waals surface area contributed by atoms with Crippen LogP contribution in [0.3, 0.4) is 0 Å². The molecule has 21 heavy (non-hydrogen) atoms. The van der Waals surface area contributed by atoms with Crippen molar-refractivity contribution in [1.29, 1.82) is 0 Å². The summed E-state index contributed by atoms with van der Waals surface area (Å²) in [7, 11) is 0. The highest BCUT2D eigenvalue weighted by Gasteiger charge is 2.20. The Balaban J connectivity index is 2.08. The van der Waals surface area contributed by atoms with Crippen LogP contribution in [0.4, 0.5) is 0 Å². The molecule has 0 amide bonds. The zero-order valence-corrected chi connectivity index (χ0v) is 13.5. The second-order valence-electron chi connectivity index (χ2n) is 6.29. The lowest BCUT2D eigenvalue weighted by Crippen LogP contribution is -2.36. The van der Waals surface area contributed by atoms with Gasteiger partial charge >= 0.3 is 0 Å². The molecule has 1 saturated carbocycles. The molecule has 0 radical (unpaired) electrons. The molecule has 1 N–H and O–H groups in total. The summed E-state index contributed by atoms with van der Waals surface area (Å²) in [5.41, 5.74) is 0.880. The van der Waals surface area contributed by atoms with Gasteiger partial charge in [-0.25, -0.2) is 4.98 Å². The summed E-state index contributed by atoms with van der Waals surface area (Å²) < 4.78 is 0. The van der Waals surface area contributed by atoms with Gasteiger partial charge in [0.15, 0.2) is 0 Å². The third-order valence-corrected chi connectivity index (χ3v) is 4.42. The molecule has 1 heterocycles. The molecule has 0 atom stereocenters. The average Bonchev–Trinajstić information content (AvgIpc) is 2.71. The van der Waals surface area contributed by atoms with Gasteiger partial charge in [0.2, 0.25) is 0 Å². The molecule has 0 spiro atoms. The maximum absolute atomic E-state index is 11.6. The molecule has 1 aliphatic carbocycles. The van der Waals surface area contributed by atoms with Gasteiger partial charge in [-0.3, -0.25) is 9.69 Å². The molecule has 0 aromatic carbocycles. The Morgan fingerprint density at radius 1 is 1.29 bits per heavy atom. The van der Waals surface area contributed by atoms with Crippen molar-refractivity contribution in [3.8, 4) is 0 Å². The van der Waals surface area contributed by atoms with Crippen molar-refractivity contribution in [3.63, 3.8) is 0 Å². The van der Waals surface area contributed by atoms with Crippen LogP contribution in [-0.2, 0) is 6.54 Å². The molecule has 1 aromatic heterocycles.